The lowest BCUT2D eigenvalue weighted by Crippen LogP contribution is -2.51. The van der Waals surface area contributed by atoms with E-state index in [0.717, 1.165) is 31.5 Å². The molecule has 1 amide bonds. The van der Waals surface area contributed by atoms with E-state index in [1.807, 2.05) is 30.3 Å². The number of benzene rings is 1. The normalized spacial score (nSPS) is 12.1. The van der Waals surface area contributed by atoms with Gasteiger partial charge in [-0.3, -0.25) is 9.69 Å². The molecule has 0 heterocycles. The van der Waals surface area contributed by atoms with Crippen molar-refractivity contribution in [3.05, 3.63) is 35.9 Å². The highest BCUT2D eigenvalue weighted by atomic mass is 35.5. The molecule has 3 N–H and O–H groups in total. The van der Waals surface area contributed by atoms with Gasteiger partial charge in [-0.25, -0.2) is 0 Å². The van der Waals surface area contributed by atoms with E-state index in [9.17, 15) is 4.79 Å². The fourth-order valence-electron chi connectivity index (χ4n) is 2.61. The molecule has 4 nitrogen and oxygen atoms in total. The fraction of sp³-hybridized carbons (Fsp3) is 0.611. The van der Waals surface area contributed by atoms with Crippen molar-refractivity contribution in [3.8, 4) is 0 Å². The Hall–Kier alpha value is -0.810. The van der Waals surface area contributed by atoms with Crippen LogP contribution < -0.4 is 11.1 Å². The molecule has 0 bridgehead atoms. The van der Waals surface area contributed by atoms with Gasteiger partial charge in [0.15, 0.2) is 0 Å². The predicted octanol–water partition coefficient (Wildman–Crippen LogP) is 3.55. The average Bonchev–Trinajstić information content (AvgIpc) is 2.57. The third kappa shape index (κ3) is 6.98. The van der Waals surface area contributed by atoms with E-state index < -0.39 is 0 Å². The second kappa shape index (κ2) is 12.5. The Morgan fingerprint density at radius 2 is 1.58 bits per heavy atom. The van der Waals surface area contributed by atoms with E-state index in [4.69, 9.17) is 5.73 Å². The number of hydrogen-bond donors (Lipinski definition) is 2. The standard InChI is InChI=1S/C18H31N3O.2ClH/c1-5-18(19,6-2)14-20-17(22)16(21(7-3)8-4)15-12-10-9-11-13-15;;/h9-13,16H,5-8,14,19H2,1-4H3,(H,20,22);2*1H. The summed E-state index contributed by atoms with van der Waals surface area (Å²) in [6, 6.07) is 9.69. The molecule has 0 fully saturated rings. The van der Waals surface area contributed by atoms with Gasteiger partial charge in [0.05, 0.1) is 0 Å². The molecule has 6 heteroatoms. The number of halogens is 2. The zero-order valence-corrected chi connectivity index (χ0v) is 16.9. The Kier molecular flexibility index (Phi) is 13.3. The van der Waals surface area contributed by atoms with Crippen LogP contribution in [0.3, 0.4) is 0 Å². The van der Waals surface area contributed by atoms with Crippen LogP contribution in [0, 0.1) is 0 Å². The lowest BCUT2D eigenvalue weighted by molar-refractivity contribution is -0.126. The van der Waals surface area contributed by atoms with E-state index in [2.05, 4.69) is 37.9 Å². The van der Waals surface area contributed by atoms with E-state index >= 15 is 0 Å². The number of nitrogens with zero attached hydrogens (tertiary/aromatic N) is 1. The molecule has 0 saturated carbocycles. The quantitative estimate of drug-likeness (QED) is 0.691. The molecule has 1 aromatic rings. The molecular formula is C18H33Cl2N3O. The van der Waals surface area contributed by atoms with E-state index in [1.165, 1.54) is 0 Å². The SMILES string of the molecule is CCN(CC)C(C(=O)NCC(N)(CC)CC)c1ccccc1.Cl.Cl. The topological polar surface area (TPSA) is 58.4 Å². The van der Waals surface area contributed by atoms with Gasteiger partial charge in [0, 0.05) is 12.1 Å². The number of carbonyl (C=O) groups is 1. The highest BCUT2D eigenvalue weighted by Crippen LogP contribution is 2.21. The van der Waals surface area contributed by atoms with Gasteiger partial charge < -0.3 is 11.1 Å². The van der Waals surface area contributed by atoms with Gasteiger partial charge in [0.1, 0.15) is 6.04 Å². The summed E-state index contributed by atoms with van der Waals surface area (Å²) < 4.78 is 0. The van der Waals surface area contributed by atoms with Crippen LogP contribution in [0.5, 0.6) is 0 Å². The molecule has 0 aliphatic rings. The molecular weight excluding hydrogens is 345 g/mol. The molecule has 1 rings (SSSR count). The molecule has 140 valence electrons. The monoisotopic (exact) mass is 377 g/mol. The summed E-state index contributed by atoms with van der Waals surface area (Å²) in [5.41, 5.74) is 7.00. The molecule has 0 aliphatic carbocycles. The molecule has 1 aromatic carbocycles. The van der Waals surface area contributed by atoms with Crippen molar-refractivity contribution in [1.29, 1.82) is 0 Å². The molecule has 0 aromatic heterocycles. The smallest absolute Gasteiger partial charge is 0.242 e. The van der Waals surface area contributed by atoms with Crippen LogP contribution >= 0.6 is 24.8 Å². The first-order chi connectivity index (χ1) is 10.5. The first kappa shape index (κ1) is 25.4. The lowest BCUT2D eigenvalue weighted by Gasteiger charge is -2.32. The molecule has 0 saturated heterocycles. The molecule has 0 aliphatic heterocycles. The van der Waals surface area contributed by atoms with Crippen molar-refractivity contribution in [3.63, 3.8) is 0 Å². The van der Waals surface area contributed by atoms with Crippen molar-refractivity contribution in [1.82, 2.24) is 10.2 Å². The van der Waals surface area contributed by atoms with Crippen molar-refractivity contribution in [2.45, 2.75) is 52.1 Å². The van der Waals surface area contributed by atoms with Crippen molar-refractivity contribution < 1.29 is 4.79 Å². The second-order valence-corrected chi connectivity index (χ2v) is 5.82. The molecule has 0 radical (unpaired) electrons. The van der Waals surface area contributed by atoms with Gasteiger partial charge in [-0.15, -0.1) is 24.8 Å². The van der Waals surface area contributed by atoms with Crippen LogP contribution in [0.25, 0.3) is 0 Å². The van der Waals surface area contributed by atoms with Gasteiger partial charge in [0.2, 0.25) is 5.91 Å². The van der Waals surface area contributed by atoms with E-state index in [0.29, 0.717) is 6.54 Å². The Morgan fingerprint density at radius 1 is 1.08 bits per heavy atom. The molecule has 0 spiro atoms. The fourth-order valence-corrected chi connectivity index (χ4v) is 2.61. The summed E-state index contributed by atoms with van der Waals surface area (Å²) in [7, 11) is 0. The first-order valence-electron chi connectivity index (χ1n) is 8.36. The van der Waals surface area contributed by atoms with Crippen molar-refractivity contribution >= 4 is 30.7 Å². The zero-order valence-electron chi connectivity index (χ0n) is 15.2. The van der Waals surface area contributed by atoms with Crippen LogP contribution in [0.15, 0.2) is 30.3 Å². The second-order valence-electron chi connectivity index (χ2n) is 5.82. The highest BCUT2D eigenvalue weighted by molar-refractivity contribution is 5.85. The Bertz CT molecular complexity index is 449. The van der Waals surface area contributed by atoms with Gasteiger partial charge >= 0.3 is 0 Å². The summed E-state index contributed by atoms with van der Waals surface area (Å²) in [5, 5.41) is 3.07. The van der Waals surface area contributed by atoms with Crippen LogP contribution in [0.1, 0.15) is 52.1 Å². The number of nitrogens with one attached hydrogen (secondary N) is 1. The number of amides is 1. The zero-order chi connectivity index (χ0) is 16.6. The maximum atomic E-state index is 12.8. The summed E-state index contributed by atoms with van der Waals surface area (Å²) in [6.07, 6.45) is 1.70. The summed E-state index contributed by atoms with van der Waals surface area (Å²) >= 11 is 0. The molecule has 1 unspecified atom stereocenters. The average molecular weight is 378 g/mol. The van der Waals surface area contributed by atoms with Gasteiger partial charge in [-0.1, -0.05) is 58.0 Å². The van der Waals surface area contributed by atoms with E-state index in [-0.39, 0.29) is 42.3 Å². The summed E-state index contributed by atoms with van der Waals surface area (Å²) in [5.74, 6) is 0.0339. The van der Waals surface area contributed by atoms with E-state index in [1.54, 1.807) is 0 Å². The predicted molar refractivity (Wildman–Crippen MR) is 107 cm³/mol. The van der Waals surface area contributed by atoms with Gasteiger partial charge in [-0.05, 0) is 31.5 Å². The number of carbonyl (C=O) groups excluding carboxylic acids is 1. The lowest BCUT2D eigenvalue weighted by atomic mass is 9.94. The van der Waals surface area contributed by atoms with Gasteiger partial charge in [0.25, 0.3) is 0 Å². The maximum Gasteiger partial charge on any atom is 0.242 e. The molecule has 24 heavy (non-hydrogen) atoms. The number of hydrogen-bond acceptors (Lipinski definition) is 3. The maximum absolute atomic E-state index is 12.8. The number of likely N-dealkylation sites (N-methyl/N-ethyl adjacent to an activating group) is 1. The third-order valence-electron chi connectivity index (χ3n) is 4.56. The minimum atomic E-state index is -0.319. The third-order valence-corrected chi connectivity index (χ3v) is 4.56. The largest absolute Gasteiger partial charge is 0.353 e. The van der Waals surface area contributed by atoms with Gasteiger partial charge in [-0.2, -0.15) is 0 Å². The number of rotatable bonds is 9. The summed E-state index contributed by atoms with van der Waals surface area (Å²) in [4.78, 5) is 14.9. The summed E-state index contributed by atoms with van der Waals surface area (Å²) in [6.45, 7) is 10.5. The molecule has 1 atom stereocenters. The van der Waals surface area contributed by atoms with Crippen LogP contribution in [0.4, 0.5) is 0 Å². The highest BCUT2D eigenvalue weighted by Gasteiger charge is 2.28. The first-order valence-corrected chi connectivity index (χ1v) is 8.36. The Balaban J connectivity index is 0. The van der Waals surface area contributed by atoms with Crippen molar-refractivity contribution in [2.24, 2.45) is 5.73 Å². The van der Waals surface area contributed by atoms with Crippen LogP contribution in [0.2, 0.25) is 0 Å². The Labute approximate surface area is 159 Å². The minimum absolute atomic E-state index is 0. The van der Waals surface area contributed by atoms with Crippen molar-refractivity contribution in [2.75, 3.05) is 19.6 Å². The number of nitrogens with two attached hydrogens (primary N) is 1. The van der Waals surface area contributed by atoms with Crippen LogP contribution in [-0.4, -0.2) is 36.0 Å². The minimum Gasteiger partial charge on any atom is -0.353 e. The van der Waals surface area contributed by atoms with Crippen LogP contribution in [-0.2, 0) is 4.79 Å². The Morgan fingerprint density at radius 3 is 2.00 bits per heavy atom.